The average molecular weight is 437 g/mol. The molecule has 1 aliphatic rings. The van der Waals surface area contributed by atoms with Gasteiger partial charge in [-0.05, 0) is 56.3 Å². The summed E-state index contributed by atoms with van der Waals surface area (Å²) in [6, 6.07) is 9.91. The van der Waals surface area contributed by atoms with Crippen LogP contribution in [0.15, 0.2) is 42.5 Å². The Morgan fingerprint density at radius 2 is 1.93 bits per heavy atom. The third-order valence-electron chi connectivity index (χ3n) is 4.81. The number of methoxy groups -OCH3 is 1. The molecule has 0 radical (unpaired) electrons. The van der Waals surface area contributed by atoms with E-state index < -0.39 is 33.9 Å². The number of hydrogen-bond acceptors (Lipinski definition) is 5. The largest absolute Gasteiger partial charge is 0.497 e. The molecule has 9 heteroatoms. The first-order chi connectivity index (χ1) is 14.0. The Bertz CT molecular complexity index is 1040. The smallest absolute Gasteiger partial charge is 0.241 e. The fourth-order valence-electron chi connectivity index (χ4n) is 3.47. The number of rotatable bonds is 6. The molecule has 3 rings (SSSR count). The molecule has 0 saturated carbocycles. The minimum absolute atomic E-state index is 0.212. The maximum Gasteiger partial charge on any atom is 0.241 e. The highest BCUT2D eigenvalue weighted by Gasteiger charge is 2.35. The van der Waals surface area contributed by atoms with Gasteiger partial charge in [0.25, 0.3) is 0 Å². The number of amides is 1. The van der Waals surface area contributed by atoms with E-state index in [1.54, 1.807) is 25.3 Å². The summed E-state index contributed by atoms with van der Waals surface area (Å²) < 4.78 is 49.9. The molecular weight excluding hydrogens is 411 g/mol. The summed E-state index contributed by atoms with van der Waals surface area (Å²) >= 11 is 0. The van der Waals surface area contributed by atoms with Gasteiger partial charge in [0.15, 0.2) is 0 Å². The molecule has 0 aromatic heterocycles. The lowest BCUT2D eigenvalue weighted by Gasteiger charge is -2.38. The Labute approximate surface area is 175 Å². The second-order valence-corrected chi connectivity index (χ2v) is 9.74. The van der Waals surface area contributed by atoms with Crippen molar-refractivity contribution in [2.24, 2.45) is 0 Å². The number of benzene rings is 2. The Morgan fingerprint density at radius 1 is 1.27 bits per heavy atom. The Morgan fingerprint density at radius 3 is 2.53 bits per heavy atom. The molecule has 1 aliphatic heterocycles. The summed E-state index contributed by atoms with van der Waals surface area (Å²) in [5.74, 6) is 0.282. The topological polar surface area (TPSA) is 84.9 Å². The van der Waals surface area contributed by atoms with Crippen molar-refractivity contribution < 1.29 is 27.1 Å². The van der Waals surface area contributed by atoms with Gasteiger partial charge in [-0.25, -0.2) is 12.8 Å². The van der Waals surface area contributed by atoms with Gasteiger partial charge in [0, 0.05) is 12.0 Å². The fraction of sp³-hybridized carbons (Fsp3) is 0.381. The van der Waals surface area contributed by atoms with E-state index >= 15 is 0 Å². The summed E-state index contributed by atoms with van der Waals surface area (Å²) in [5.41, 5.74) is 0.450. The third kappa shape index (κ3) is 5.02. The third-order valence-corrected chi connectivity index (χ3v) is 5.95. The van der Waals surface area contributed by atoms with E-state index in [9.17, 15) is 17.6 Å². The normalized spacial score (nSPS) is 17.4. The first-order valence-electron chi connectivity index (χ1n) is 9.38. The molecular formula is C21H25FN2O5S. The van der Waals surface area contributed by atoms with Crippen LogP contribution in [0.25, 0.3) is 0 Å². The summed E-state index contributed by atoms with van der Waals surface area (Å²) in [4.78, 5) is 12.8. The lowest BCUT2D eigenvalue weighted by Crippen LogP contribution is -2.45. The molecule has 0 fully saturated rings. The standard InChI is InChI=1S/C21H25FN2O5S/c1-21(2)12-18(17-11-16(28-3)9-10-19(17)29-21)23-20(25)13-24(30(4,26)27)15-7-5-14(22)6-8-15/h5-11,18H,12-13H2,1-4H3,(H,23,25). The van der Waals surface area contributed by atoms with Crippen molar-refractivity contribution in [3.05, 3.63) is 53.8 Å². The quantitative estimate of drug-likeness (QED) is 0.753. The summed E-state index contributed by atoms with van der Waals surface area (Å²) in [6.07, 6.45) is 1.50. The van der Waals surface area contributed by atoms with E-state index in [0.29, 0.717) is 17.9 Å². The highest BCUT2D eigenvalue weighted by Crippen LogP contribution is 2.41. The minimum atomic E-state index is -3.76. The van der Waals surface area contributed by atoms with Crippen LogP contribution in [0.5, 0.6) is 11.5 Å². The lowest BCUT2D eigenvalue weighted by molar-refractivity contribution is -0.120. The van der Waals surface area contributed by atoms with Gasteiger partial charge in [0.05, 0.1) is 25.1 Å². The number of carbonyl (C=O) groups is 1. The van der Waals surface area contributed by atoms with Gasteiger partial charge in [-0.2, -0.15) is 0 Å². The van der Waals surface area contributed by atoms with Gasteiger partial charge in [-0.15, -0.1) is 0 Å². The molecule has 0 bridgehead atoms. The van der Waals surface area contributed by atoms with Gasteiger partial charge < -0.3 is 14.8 Å². The Kier molecular flexibility index (Phi) is 5.94. The maximum absolute atomic E-state index is 13.2. The molecule has 162 valence electrons. The maximum atomic E-state index is 13.2. The molecule has 1 amide bonds. The second-order valence-electron chi connectivity index (χ2n) is 7.84. The van der Waals surface area contributed by atoms with E-state index in [2.05, 4.69) is 5.32 Å². The van der Waals surface area contributed by atoms with Crippen LogP contribution in [0.3, 0.4) is 0 Å². The van der Waals surface area contributed by atoms with Gasteiger partial charge in [-0.3, -0.25) is 9.10 Å². The van der Waals surface area contributed by atoms with Gasteiger partial charge in [0.2, 0.25) is 15.9 Å². The highest BCUT2D eigenvalue weighted by molar-refractivity contribution is 7.92. The average Bonchev–Trinajstić information content (AvgIpc) is 2.65. The van der Waals surface area contributed by atoms with Gasteiger partial charge >= 0.3 is 0 Å². The zero-order valence-electron chi connectivity index (χ0n) is 17.3. The van der Waals surface area contributed by atoms with Crippen LogP contribution in [0.2, 0.25) is 0 Å². The van der Waals surface area contributed by atoms with Crippen molar-refractivity contribution in [3.63, 3.8) is 0 Å². The minimum Gasteiger partial charge on any atom is -0.497 e. The number of fused-ring (bicyclic) bond motifs is 1. The van der Waals surface area contributed by atoms with Crippen molar-refractivity contribution in [1.82, 2.24) is 5.32 Å². The van der Waals surface area contributed by atoms with Crippen LogP contribution in [-0.2, 0) is 14.8 Å². The van der Waals surface area contributed by atoms with E-state index in [1.165, 1.54) is 12.1 Å². The van der Waals surface area contributed by atoms with Crippen LogP contribution in [0, 0.1) is 5.82 Å². The van der Waals surface area contributed by atoms with Crippen molar-refractivity contribution in [2.45, 2.75) is 31.9 Å². The van der Waals surface area contributed by atoms with Crippen molar-refractivity contribution in [3.8, 4) is 11.5 Å². The first kappa shape index (κ1) is 21.9. The summed E-state index contributed by atoms with van der Waals surface area (Å²) in [5, 5.41) is 2.91. The molecule has 1 atom stereocenters. The van der Waals surface area contributed by atoms with Crippen LogP contribution < -0.4 is 19.1 Å². The van der Waals surface area contributed by atoms with Crippen LogP contribution in [0.1, 0.15) is 31.9 Å². The predicted molar refractivity (Wildman–Crippen MR) is 112 cm³/mol. The monoisotopic (exact) mass is 436 g/mol. The van der Waals surface area contributed by atoms with Crippen molar-refractivity contribution in [1.29, 1.82) is 0 Å². The van der Waals surface area contributed by atoms with E-state index in [1.807, 2.05) is 13.8 Å². The SMILES string of the molecule is COc1ccc2c(c1)C(NC(=O)CN(c1ccc(F)cc1)S(C)(=O)=O)CC(C)(C)O2. The van der Waals surface area contributed by atoms with Gasteiger partial charge in [0.1, 0.15) is 29.5 Å². The van der Waals surface area contributed by atoms with Gasteiger partial charge in [-0.1, -0.05) is 0 Å². The molecule has 2 aromatic rings. The van der Waals surface area contributed by atoms with Crippen LogP contribution in [0.4, 0.5) is 10.1 Å². The number of nitrogens with one attached hydrogen (secondary N) is 1. The molecule has 0 spiro atoms. The van der Waals surface area contributed by atoms with E-state index in [0.717, 1.165) is 28.3 Å². The lowest BCUT2D eigenvalue weighted by atomic mass is 9.89. The number of nitrogens with zero attached hydrogens (tertiary/aromatic N) is 1. The number of hydrogen-bond donors (Lipinski definition) is 1. The predicted octanol–water partition coefficient (Wildman–Crippen LogP) is 3.02. The fourth-order valence-corrected chi connectivity index (χ4v) is 4.32. The van der Waals surface area contributed by atoms with Crippen molar-refractivity contribution >= 4 is 21.6 Å². The molecule has 7 nitrogen and oxygen atoms in total. The first-order valence-corrected chi connectivity index (χ1v) is 11.2. The molecule has 1 N–H and O–H groups in total. The number of ether oxygens (including phenoxy) is 2. The molecule has 2 aromatic carbocycles. The second kappa shape index (κ2) is 8.14. The Hall–Kier alpha value is -2.81. The highest BCUT2D eigenvalue weighted by atomic mass is 32.2. The molecule has 0 aliphatic carbocycles. The summed E-state index contributed by atoms with van der Waals surface area (Å²) in [6.45, 7) is 3.41. The zero-order valence-corrected chi connectivity index (χ0v) is 18.1. The van der Waals surface area contributed by atoms with Crippen molar-refractivity contribution in [2.75, 3.05) is 24.2 Å². The summed E-state index contributed by atoms with van der Waals surface area (Å²) in [7, 11) is -2.20. The zero-order chi connectivity index (χ0) is 22.1. The number of anilines is 1. The number of carbonyl (C=O) groups excluding carboxylic acids is 1. The van der Waals surface area contributed by atoms with E-state index in [-0.39, 0.29) is 11.7 Å². The molecule has 1 heterocycles. The van der Waals surface area contributed by atoms with Crippen LogP contribution in [-0.4, -0.2) is 39.8 Å². The van der Waals surface area contributed by atoms with E-state index in [4.69, 9.17) is 9.47 Å². The molecule has 30 heavy (non-hydrogen) atoms. The number of halogens is 1. The van der Waals surface area contributed by atoms with Crippen LogP contribution >= 0.6 is 0 Å². The number of sulfonamides is 1. The molecule has 0 saturated heterocycles. The Balaban J connectivity index is 1.84. The molecule has 1 unspecified atom stereocenters.